The van der Waals surface area contributed by atoms with Gasteiger partial charge in [-0.1, -0.05) is 26.0 Å². The summed E-state index contributed by atoms with van der Waals surface area (Å²) in [6.07, 6.45) is 0. The zero-order valence-electron chi connectivity index (χ0n) is 10.1. The van der Waals surface area contributed by atoms with Gasteiger partial charge in [-0.15, -0.1) is 0 Å². The number of carbonyl (C=O) groups is 2. The molecule has 0 saturated heterocycles. The van der Waals surface area contributed by atoms with Gasteiger partial charge in [-0.05, 0) is 12.8 Å². The number of nitrogens with zero attached hydrogens (tertiary/aromatic N) is 1. The zero-order chi connectivity index (χ0) is 12.7. The van der Waals surface area contributed by atoms with Gasteiger partial charge in [0.05, 0.1) is 0 Å². The molecule has 0 aromatic heterocycles. The van der Waals surface area contributed by atoms with Crippen LogP contribution in [0, 0.1) is 5.92 Å². The van der Waals surface area contributed by atoms with E-state index in [1.54, 1.807) is 6.92 Å². The van der Waals surface area contributed by atoms with E-state index in [0.717, 1.165) is 5.57 Å². The number of urea groups is 1. The summed E-state index contributed by atoms with van der Waals surface area (Å²) in [5.74, 6) is -0.777. The standard InChI is InChI=1S/C11H20N2O3/c1-8(2)5-12-11(16)13(6-9(3)4)7-10(14)15/h9H,1,5-7H2,2-4H3,(H,12,16)(H,14,15). The van der Waals surface area contributed by atoms with Crippen LogP contribution < -0.4 is 5.32 Å². The minimum absolute atomic E-state index is 0.231. The number of carboxylic acids is 1. The van der Waals surface area contributed by atoms with Crippen LogP contribution in [0.1, 0.15) is 20.8 Å². The Labute approximate surface area is 96.1 Å². The summed E-state index contributed by atoms with van der Waals surface area (Å²) >= 11 is 0. The van der Waals surface area contributed by atoms with Crippen LogP contribution in [-0.2, 0) is 4.79 Å². The minimum Gasteiger partial charge on any atom is -0.480 e. The van der Waals surface area contributed by atoms with E-state index in [2.05, 4.69) is 11.9 Å². The fraction of sp³-hybridized carbons (Fsp3) is 0.636. The van der Waals surface area contributed by atoms with Gasteiger partial charge in [0.25, 0.3) is 0 Å². The lowest BCUT2D eigenvalue weighted by Gasteiger charge is -2.23. The van der Waals surface area contributed by atoms with E-state index in [9.17, 15) is 9.59 Å². The molecule has 2 amide bonds. The van der Waals surface area contributed by atoms with E-state index in [1.165, 1.54) is 4.90 Å². The van der Waals surface area contributed by atoms with Crippen LogP contribution >= 0.6 is 0 Å². The molecule has 0 heterocycles. The van der Waals surface area contributed by atoms with Crippen LogP contribution in [-0.4, -0.2) is 41.6 Å². The van der Waals surface area contributed by atoms with Gasteiger partial charge >= 0.3 is 12.0 Å². The average Bonchev–Trinajstić information content (AvgIpc) is 2.11. The summed E-state index contributed by atoms with van der Waals surface area (Å²) in [6.45, 7) is 9.83. The van der Waals surface area contributed by atoms with Crippen molar-refractivity contribution in [3.8, 4) is 0 Å². The van der Waals surface area contributed by atoms with E-state index < -0.39 is 5.97 Å². The smallest absolute Gasteiger partial charge is 0.323 e. The Morgan fingerprint density at radius 3 is 2.38 bits per heavy atom. The first-order valence-electron chi connectivity index (χ1n) is 5.22. The lowest BCUT2D eigenvalue weighted by atomic mass is 10.2. The Hall–Kier alpha value is -1.52. The number of hydrogen-bond acceptors (Lipinski definition) is 2. The van der Waals surface area contributed by atoms with E-state index in [1.807, 2.05) is 13.8 Å². The molecule has 0 aliphatic carbocycles. The van der Waals surface area contributed by atoms with Crippen molar-refractivity contribution < 1.29 is 14.7 Å². The lowest BCUT2D eigenvalue weighted by Crippen LogP contribution is -2.44. The molecule has 0 aromatic carbocycles. The second-order valence-electron chi connectivity index (χ2n) is 4.28. The second-order valence-corrected chi connectivity index (χ2v) is 4.28. The van der Waals surface area contributed by atoms with Crippen LogP contribution in [0.2, 0.25) is 0 Å². The molecule has 0 aromatic rings. The van der Waals surface area contributed by atoms with Crippen molar-refractivity contribution in [2.45, 2.75) is 20.8 Å². The third-order valence-corrected chi connectivity index (χ3v) is 1.74. The molecule has 0 spiro atoms. The molecular formula is C11H20N2O3. The Kier molecular flexibility index (Phi) is 6.22. The zero-order valence-corrected chi connectivity index (χ0v) is 10.1. The highest BCUT2D eigenvalue weighted by Crippen LogP contribution is 1.99. The van der Waals surface area contributed by atoms with E-state index in [4.69, 9.17) is 5.11 Å². The third kappa shape index (κ3) is 6.86. The molecule has 16 heavy (non-hydrogen) atoms. The van der Waals surface area contributed by atoms with Crippen molar-refractivity contribution in [2.24, 2.45) is 5.92 Å². The number of nitrogens with one attached hydrogen (secondary N) is 1. The van der Waals surface area contributed by atoms with Crippen molar-refractivity contribution in [1.29, 1.82) is 0 Å². The van der Waals surface area contributed by atoms with Gasteiger partial charge < -0.3 is 15.3 Å². The van der Waals surface area contributed by atoms with Gasteiger partial charge in [-0.25, -0.2) is 4.79 Å². The van der Waals surface area contributed by atoms with E-state index >= 15 is 0 Å². The number of amides is 2. The van der Waals surface area contributed by atoms with Crippen molar-refractivity contribution >= 4 is 12.0 Å². The van der Waals surface area contributed by atoms with Crippen molar-refractivity contribution in [1.82, 2.24) is 10.2 Å². The maximum absolute atomic E-state index is 11.6. The highest BCUT2D eigenvalue weighted by Gasteiger charge is 2.17. The summed E-state index contributed by atoms with van der Waals surface area (Å²) < 4.78 is 0. The molecule has 0 aliphatic rings. The van der Waals surface area contributed by atoms with Gasteiger partial charge in [-0.2, -0.15) is 0 Å². The molecule has 0 rings (SSSR count). The Bertz CT molecular complexity index is 274. The van der Waals surface area contributed by atoms with Gasteiger partial charge in [0.1, 0.15) is 6.54 Å². The molecule has 92 valence electrons. The van der Waals surface area contributed by atoms with Crippen LogP contribution in [0.5, 0.6) is 0 Å². The van der Waals surface area contributed by atoms with Crippen LogP contribution in [0.3, 0.4) is 0 Å². The molecule has 0 radical (unpaired) electrons. The normalized spacial score (nSPS) is 10.0. The highest BCUT2D eigenvalue weighted by atomic mass is 16.4. The number of aliphatic carboxylic acids is 1. The van der Waals surface area contributed by atoms with Crippen molar-refractivity contribution in [3.63, 3.8) is 0 Å². The number of rotatable bonds is 6. The first-order valence-corrected chi connectivity index (χ1v) is 5.22. The quantitative estimate of drug-likeness (QED) is 0.673. The largest absolute Gasteiger partial charge is 0.480 e. The maximum atomic E-state index is 11.6. The summed E-state index contributed by atoms with van der Waals surface area (Å²) in [7, 11) is 0. The first kappa shape index (κ1) is 14.5. The third-order valence-electron chi connectivity index (χ3n) is 1.74. The Morgan fingerprint density at radius 1 is 1.44 bits per heavy atom. The number of carbonyl (C=O) groups excluding carboxylic acids is 1. The highest BCUT2D eigenvalue weighted by molar-refractivity contribution is 5.80. The molecule has 5 nitrogen and oxygen atoms in total. The topological polar surface area (TPSA) is 69.6 Å². The molecule has 0 saturated carbocycles. The molecule has 0 atom stereocenters. The molecule has 0 unspecified atom stereocenters. The van der Waals surface area contributed by atoms with Gasteiger partial charge in [-0.3, -0.25) is 4.79 Å². The average molecular weight is 228 g/mol. The number of carboxylic acid groups (broad SMARTS) is 1. The lowest BCUT2D eigenvalue weighted by molar-refractivity contribution is -0.137. The van der Waals surface area contributed by atoms with Crippen LogP contribution in [0.4, 0.5) is 4.79 Å². The first-order chi connectivity index (χ1) is 7.32. The summed E-state index contributed by atoms with van der Waals surface area (Å²) in [5, 5.41) is 11.3. The molecule has 0 fully saturated rings. The molecule has 5 heteroatoms. The molecule has 0 bridgehead atoms. The van der Waals surface area contributed by atoms with Crippen molar-refractivity contribution in [2.75, 3.05) is 19.6 Å². The summed E-state index contributed by atoms with van der Waals surface area (Å²) in [5.41, 5.74) is 0.827. The SMILES string of the molecule is C=C(C)CNC(=O)N(CC(=O)O)CC(C)C. The second kappa shape index (κ2) is 6.87. The molecule has 0 aliphatic heterocycles. The fourth-order valence-electron chi connectivity index (χ4n) is 1.16. The monoisotopic (exact) mass is 228 g/mol. The fourth-order valence-corrected chi connectivity index (χ4v) is 1.16. The van der Waals surface area contributed by atoms with Gasteiger partial charge in [0.2, 0.25) is 0 Å². The van der Waals surface area contributed by atoms with Crippen LogP contribution in [0.25, 0.3) is 0 Å². The molecular weight excluding hydrogens is 208 g/mol. The molecule has 2 N–H and O–H groups in total. The van der Waals surface area contributed by atoms with Crippen LogP contribution in [0.15, 0.2) is 12.2 Å². The predicted molar refractivity (Wildman–Crippen MR) is 62.3 cm³/mol. The maximum Gasteiger partial charge on any atom is 0.323 e. The van der Waals surface area contributed by atoms with E-state index in [0.29, 0.717) is 13.1 Å². The summed E-state index contributed by atoms with van der Waals surface area (Å²) in [6, 6.07) is -0.362. The summed E-state index contributed by atoms with van der Waals surface area (Å²) in [4.78, 5) is 23.5. The van der Waals surface area contributed by atoms with Gasteiger partial charge in [0.15, 0.2) is 0 Å². The Balaban J connectivity index is 4.31. The van der Waals surface area contributed by atoms with Gasteiger partial charge in [0, 0.05) is 13.1 Å². The Morgan fingerprint density at radius 2 is 2.00 bits per heavy atom. The van der Waals surface area contributed by atoms with E-state index in [-0.39, 0.29) is 18.5 Å². The number of hydrogen-bond donors (Lipinski definition) is 2. The van der Waals surface area contributed by atoms with Crippen molar-refractivity contribution in [3.05, 3.63) is 12.2 Å². The predicted octanol–water partition coefficient (Wildman–Crippen LogP) is 1.31. The minimum atomic E-state index is -1.01.